The van der Waals surface area contributed by atoms with Gasteiger partial charge < -0.3 is 15.2 Å². The van der Waals surface area contributed by atoms with Crippen molar-refractivity contribution in [3.63, 3.8) is 0 Å². The highest BCUT2D eigenvalue weighted by atomic mass is 16.6. The van der Waals surface area contributed by atoms with Gasteiger partial charge >= 0.3 is 12.1 Å². The minimum Gasteiger partial charge on any atom is -0.480 e. The van der Waals surface area contributed by atoms with E-state index >= 15 is 0 Å². The predicted molar refractivity (Wildman–Crippen MR) is 91.0 cm³/mol. The molecule has 0 saturated carbocycles. The first-order valence-electron chi connectivity index (χ1n) is 8.18. The van der Waals surface area contributed by atoms with E-state index in [2.05, 4.69) is 5.32 Å². The van der Waals surface area contributed by atoms with Crippen LogP contribution in [0.1, 0.15) is 38.8 Å². The molecule has 0 spiro atoms. The Morgan fingerprint density at radius 1 is 1.24 bits per heavy atom. The van der Waals surface area contributed by atoms with Crippen LogP contribution in [0.4, 0.5) is 4.79 Å². The number of rotatable bonds is 3. The zero-order valence-corrected chi connectivity index (χ0v) is 14.9. The Morgan fingerprint density at radius 2 is 1.84 bits per heavy atom. The summed E-state index contributed by atoms with van der Waals surface area (Å²) in [6.45, 7) is 6.89. The summed E-state index contributed by atoms with van der Waals surface area (Å²) in [5, 5.41) is 11.4. The molecule has 2 atom stereocenters. The Bertz CT molecular complexity index is 680. The molecule has 2 amide bonds. The Hall–Kier alpha value is -2.57. The van der Waals surface area contributed by atoms with Crippen molar-refractivity contribution < 1.29 is 24.2 Å². The van der Waals surface area contributed by atoms with Crippen LogP contribution in [0.25, 0.3) is 0 Å². The smallest absolute Gasteiger partial charge is 0.411 e. The number of aliphatic carboxylic acids is 1. The molecule has 7 nitrogen and oxygen atoms in total. The number of carboxylic acid groups (broad SMARTS) is 1. The van der Waals surface area contributed by atoms with E-state index in [1.54, 1.807) is 20.8 Å². The van der Waals surface area contributed by atoms with Crippen LogP contribution < -0.4 is 5.32 Å². The Kier molecular flexibility index (Phi) is 5.35. The van der Waals surface area contributed by atoms with Gasteiger partial charge in [-0.05, 0) is 38.8 Å². The second-order valence-corrected chi connectivity index (χ2v) is 7.17. The third kappa shape index (κ3) is 4.71. The molecule has 136 valence electrons. The number of nitrogens with one attached hydrogen (secondary N) is 1. The summed E-state index contributed by atoms with van der Waals surface area (Å²) in [5.74, 6) is -1.64. The van der Waals surface area contributed by atoms with Crippen molar-refractivity contribution in [2.45, 2.75) is 58.3 Å². The largest absolute Gasteiger partial charge is 0.480 e. The van der Waals surface area contributed by atoms with E-state index in [0.717, 1.165) is 11.1 Å². The third-order valence-electron chi connectivity index (χ3n) is 3.91. The first kappa shape index (κ1) is 18.8. The molecule has 7 heteroatoms. The standard InChI is InChI=1S/C18H24N2O5/c1-11(16(22)23)19-15(21)14-9-12-7-5-6-8-13(12)10-20(14)17(24)25-18(2,3)4/h5-8,11,14H,9-10H2,1-4H3,(H,19,21)(H,22,23)/t11-,14-/m0/s1. The van der Waals surface area contributed by atoms with Crippen molar-refractivity contribution in [3.8, 4) is 0 Å². The molecular formula is C18H24N2O5. The lowest BCUT2D eigenvalue weighted by Crippen LogP contribution is -2.55. The summed E-state index contributed by atoms with van der Waals surface area (Å²) in [7, 11) is 0. The van der Waals surface area contributed by atoms with Gasteiger partial charge in [-0.1, -0.05) is 24.3 Å². The second kappa shape index (κ2) is 7.13. The topological polar surface area (TPSA) is 95.9 Å². The maximum atomic E-state index is 12.6. The maximum absolute atomic E-state index is 12.6. The maximum Gasteiger partial charge on any atom is 0.411 e. The number of hydrogen-bond acceptors (Lipinski definition) is 4. The van der Waals surface area contributed by atoms with Crippen LogP contribution >= 0.6 is 0 Å². The zero-order valence-electron chi connectivity index (χ0n) is 14.9. The van der Waals surface area contributed by atoms with Gasteiger partial charge in [0.15, 0.2) is 0 Å². The number of fused-ring (bicyclic) bond motifs is 1. The van der Waals surface area contributed by atoms with Gasteiger partial charge in [0.2, 0.25) is 5.91 Å². The molecule has 0 saturated heterocycles. The molecule has 2 rings (SSSR count). The van der Waals surface area contributed by atoms with Crippen molar-refractivity contribution in [2.75, 3.05) is 0 Å². The van der Waals surface area contributed by atoms with Crippen LogP contribution in [0.5, 0.6) is 0 Å². The third-order valence-corrected chi connectivity index (χ3v) is 3.91. The summed E-state index contributed by atoms with van der Waals surface area (Å²) >= 11 is 0. The number of carbonyl (C=O) groups is 3. The van der Waals surface area contributed by atoms with Crippen LogP contribution in [-0.4, -0.2) is 45.7 Å². The van der Waals surface area contributed by atoms with E-state index in [4.69, 9.17) is 9.84 Å². The molecule has 1 aliphatic rings. The summed E-state index contributed by atoms with van der Waals surface area (Å²) in [6.07, 6.45) is -0.279. The lowest BCUT2D eigenvalue weighted by molar-refractivity contribution is -0.142. The zero-order chi connectivity index (χ0) is 18.8. The molecule has 0 aliphatic carbocycles. The predicted octanol–water partition coefficient (Wildman–Crippen LogP) is 1.94. The van der Waals surface area contributed by atoms with Gasteiger partial charge in [0, 0.05) is 6.42 Å². The highest BCUT2D eigenvalue weighted by Gasteiger charge is 2.37. The second-order valence-electron chi connectivity index (χ2n) is 7.17. The van der Waals surface area contributed by atoms with E-state index in [9.17, 15) is 14.4 Å². The van der Waals surface area contributed by atoms with Gasteiger partial charge in [-0.15, -0.1) is 0 Å². The summed E-state index contributed by atoms with van der Waals surface area (Å²) < 4.78 is 5.42. The Labute approximate surface area is 147 Å². The molecule has 0 unspecified atom stereocenters. The van der Waals surface area contributed by atoms with E-state index in [-0.39, 0.29) is 6.54 Å². The molecule has 0 fully saturated rings. The minimum atomic E-state index is -1.13. The lowest BCUT2D eigenvalue weighted by atomic mass is 9.93. The quantitative estimate of drug-likeness (QED) is 0.870. The fourth-order valence-corrected chi connectivity index (χ4v) is 2.64. The first-order chi connectivity index (χ1) is 11.6. The fraction of sp³-hybridized carbons (Fsp3) is 0.500. The normalized spacial score (nSPS) is 18.1. The van der Waals surface area contributed by atoms with Gasteiger partial charge in [0.05, 0.1) is 6.54 Å². The van der Waals surface area contributed by atoms with Crippen LogP contribution in [0.3, 0.4) is 0 Å². The molecule has 0 aromatic heterocycles. The van der Waals surface area contributed by atoms with Crippen LogP contribution in [0.15, 0.2) is 24.3 Å². The van der Waals surface area contributed by atoms with E-state index in [1.807, 2.05) is 24.3 Å². The number of amides is 2. The lowest BCUT2D eigenvalue weighted by Gasteiger charge is -2.37. The van der Waals surface area contributed by atoms with Crippen molar-refractivity contribution in [3.05, 3.63) is 35.4 Å². The molecule has 1 aliphatic heterocycles. The molecule has 2 N–H and O–H groups in total. The number of carboxylic acids is 1. The Morgan fingerprint density at radius 3 is 2.40 bits per heavy atom. The number of benzene rings is 1. The average molecular weight is 348 g/mol. The molecular weight excluding hydrogens is 324 g/mol. The van der Waals surface area contributed by atoms with Gasteiger partial charge in [-0.2, -0.15) is 0 Å². The summed E-state index contributed by atoms with van der Waals surface area (Å²) in [6, 6.07) is 5.70. The van der Waals surface area contributed by atoms with E-state index in [1.165, 1.54) is 11.8 Å². The number of nitrogens with zero attached hydrogens (tertiary/aromatic N) is 1. The minimum absolute atomic E-state index is 0.241. The molecule has 0 bridgehead atoms. The number of hydrogen-bond donors (Lipinski definition) is 2. The average Bonchev–Trinajstić information content (AvgIpc) is 2.51. The van der Waals surface area contributed by atoms with Crippen LogP contribution in [0, 0.1) is 0 Å². The number of ether oxygens (including phenoxy) is 1. The van der Waals surface area contributed by atoms with Crippen LogP contribution in [-0.2, 0) is 27.3 Å². The molecule has 1 heterocycles. The van der Waals surface area contributed by atoms with Crippen molar-refractivity contribution in [1.29, 1.82) is 0 Å². The number of carbonyl (C=O) groups excluding carboxylic acids is 2. The molecule has 25 heavy (non-hydrogen) atoms. The highest BCUT2D eigenvalue weighted by Crippen LogP contribution is 2.25. The Balaban J connectivity index is 2.27. The SMILES string of the molecule is C[C@H](NC(=O)[C@@H]1Cc2ccccc2CN1C(=O)OC(C)(C)C)C(=O)O. The monoisotopic (exact) mass is 348 g/mol. The van der Waals surface area contributed by atoms with Crippen LogP contribution in [0.2, 0.25) is 0 Å². The molecule has 1 aromatic carbocycles. The van der Waals surface area contributed by atoms with Crippen molar-refractivity contribution >= 4 is 18.0 Å². The highest BCUT2D eigenvalue weighted by molar-refractivity contribution is 5.89. The fourth-order valence-electron chi connectivity index (χ4n) is 2.64. The van der Waals surface area contributed by atoms with Crippen molar-refractivity contribution in [1.82, 2.24) is 10.2 Å². The molecule has 0 radical (unpaired) electrons. The summed E-state index contributed by atoms with van der Waals surface area (Å²) in [5.41, 5.74) is 1.22. The first-order valence-corrected chi connectivity index (χ1v) is 8.18. The van der Waals surface area contributed by atoms with Crippen molar-refractivity contribution in [2.24, 2.45) is 0 Å². The van der Waals surface area contributed by atoms with Gasteiger partial charge in [-0.25, -0.2) is 4.79 Å². The van der Waals surface area contributed by atoms with Gasteiger partial charge in [0.25, 0.3) is 0 Å². The van der Waals surface area contributed by atoms with E-state index in [0.29, 0.717) is 6.42 Å². The van der Waals surface area contributed by atoms with E-state index < -0.39 is 35.7 Å². The molecule has 1 aromatic rings. The summed E-state index contributed by atoms with van der Waals surface area (Å²) in [4.78, 5) is 37.5. The van der Waals surface area contributed by atoms with Gasteiger partial charge in [0.1, 0.15) is 17.7 Å². The van der Waals surface area contributed by atoms with Gasteiger partial charge in [-0.3, -0.25) is 14.5 Å².